The summed E-state index contributed by atoms with van der Waals surface area (Å²) in [5.41, 5.74) is 1.00. The van der Waals surface area contributed by atoms with E-state index in [-0.39, 0.29) is 11.6 Å². The van der Waals surface area contributed by atoms with E-state index >= 15 is 0 Å². The normalized spacial score (nSPS) is 13.7. The topological polar surface area (TPSA) is 85.6 Å². The van der Waals surface area contributed by atoms with Gasteiger partial charge in [0.05, 0.1) is 0 Å². The molecule has 0 bridgehead atoms. The van der Waals surface area contributed by atoms with Gasteiger partial charge in [-0.3, -0.25) is 4.79 Å². The average molecular weight is 366 g/mol. The second kappa shape index (κ2) is 7.65. The second-order valence-corrected chi connectivity index (χ2v) is 7.03. The molecule has 7 nitrogen and oxygen atoms in total. The number of amides is 1. The van der Waals surface area contributed by atoms with Crippen molar-refractivity contribution in [1.29, 1.82) is 0 Å². The summed E-state index contributed by atoms with van der Waals surface area (Å²) in [5, 5.41) is 21.1. The molecule has 0 unspecified atom stereocenters. The van der Waals surface area contributed by atoms with E-state index in [2.05, 4.69) is 30.3 Å². The SMILES string of the molecule is O=C(Nc1ccccc1)c1ccc(Sc2nnc3n2CCCCC3)nn1. The Morgan fingerprint density at radius 2 is 1.85 bits per heavy atom. The summed E-state index contributed by atoms with van der Waals surface area (Å²) in [7, 11) is 0. The monoisotopic (exact) mass is 366 g/mol. The lowest BCUT2D eigenvalue weighted by Crippen LogP contribution is -2.14. The molecule has 1 amide bonds. The summed E-state index contributed by atoms with van der Waals surface area (Å²) in [6.45, 7) is 0.940. The van der Waals surface area contributed by atoms with Crippen molar-refractivity contribution in [2.24, 2.45) is 0 Å². The Labute approximate surface area is 155 Å². The van der Waals surface area contributed by atoms with Crippen molar-refractivity contribution in [1.82, 2.24) is 25.0 Å². The average Bonchev–Trinajstić information content (AvgIpc) is 2.89. The minimum Gasteiger partial charge on any atom is -0.321 e. The van der Waals surface area contributed by atoms with E-state index in [0.717, 1.165) is 42.5 Å². The standard InChI is InChI=1S/C18H18N6OS/c25-17(19-13-7-3-1-4-8-13)14-10-11-16(22-20-14)26-18-23-21-15-9-5-2-6-12-24(15)18/h1,3-4,7-8,10-11H,2,5-6,9,12H2,(H,19,25). The van der Waals surface area contributed by atoms with Gasteiger partial charge in [-0.05, 0) is 48.9 Å². The Morgan fingerprint density at radius 1 is 0.962 bits per heavy atom. The van der Waals surface area contributed by atoms with Crippen molar-refractivity contribution in [3.05, 3.63) is 54.0 Å². The van der Waals surface area contributed by atoms with Crippen LogP contribution in [0.1, 0.15) is 35.6 Å². The molecule has 0 spiro atoms. The molecule has 1 aliphatic rings. The molecule has 8 heteroatoms. The van der Waals surface area contributed by atoms with Gasteiger partial charge in [-0.15, -0.1) is 20.4 Å². The predicted molar refractivity (Wildman–Crippen MR) is 98.1 cm³/mol. The van der Waals surface area contributed by atoms with E-state index in [1.54, 1.807) is 12.1 Å². The first-order valence-corrected chi connectivity index (χ1v) is 9.41. The van der Waals surface area contributed by atoms with Crippen molar-refractivity contribution < 1.29 is 4.79 Å². The Hall–Kier alpha value is -2.74. The van der Waals surface area contributed by atoms with E-state index in [1.165, 1.54) is 18.2 Å². The van der Waals surface area contributed by atoms with E-state index in [1.807, 2.05) is 30.3 Å². The van der Waals surface area contributed by atoms with Gasteiger partial charge in [0.2, 0.25) is 0 Å². The number of para-hydroxylation sites is 1. The number of fused-ring (bicyclic) bond motifs is 1. The van der Waals surface area contributed by atoms with Crippen LogP contribution in [0.4, 0.5) is 5.69 Å². The molecule has 0 saturated heterocycles. The molecule has 3 aromatic rings. The highest BCUT2D eigenvalue weighted by molar-refractivity contribution is 7.99. The number of nitrogens with one attached hydrogen (secondary N) is 1. The van der Waals surface area contributed by atoms with Gasteiger partial charge in [-0.2, -0.15) is 0 Å². The van der Waals surface area contributed by atoms with Gasteiger partial charge in [0, 0.05) is 18.7 Å². The number of aromatic nitrogens is 5. The van der Waals surface area contributed by atoms with Crippen LogP contribution in [-0.4, -0.2) is 30.9 Å². The molecule has 0 aliphatic carbocycles. The minimum absolute atomic E-state index is 0.276. The second-order valence-electron chi connectivity index (χ2n) is 6.04. The number of hydrogen-bond acceptors (Lipinski definition) is 6. The molecule has 2 aromatic heterocycles. The molecule has 132 valence electrons. The number of aryl methyl sites for hydroxylation is 1. The number of carbonyl (C=O) groups is 1. The zero-order chi connectivity index (χ0) is 17.8. The van der Waals surface area contributed by atoms with Crippen molar-refractivity contribution in [3.8, 4) is 0 Å². The summed E-state index contributed by atoms with van der Waals surface area (Å²) >= 11 is 1.43. The third-order valence-electron chi connectivity index (χ3n) is 4.18. The van der Waals surface area contributed by atoms with Gasteiger partial charge < -0.3 is 9.88 Å². The fraction of sp³-hybridized carbons (Fsp3) is 0.278. The van der Waals surface area contributed by atoms with Gasteiger partial charge in [0.25, 0.3) is 5.91 Å². The first-order valence-electron chi connectivity index (χ1n) is 8.60. The number of hydrogen-bond donors (Lipinski definition) is 1. The lowest BCUT2D eigenvalue weighted by Gasteiger charge is -2.06. The van der Waals surface area contributed by atoms with Gasteiger partial charge >= 0.3 is 0 Å². The predicted octanol–water partition coefficient (Wildman–Crippen LogP) is 3.20. The third kappa shape index (κ3) is 3.75. The van der Waals surface area contributed by atoms with Gasteiger partial charge in [0.15, 0.2) is 10.9 Å². The van der Waals surface area contributed by atoms with Gasteiger partial charge in [-0.1, -0.05) is 24.6 Å². The lowest BCUT2D eigenvalue weighted by atomic mass is 10.2. The largest absolute Gasteiger partial charge is 0.321 e. The Balaban J connectivity index is 1.45. The summed E-state index contributed by atoms with van der Waals surface area (Å²) in [6.07, 6.45) is 4.49. The van der Waals surface area contributed by atoms with Crippen molar-refractivity contribution >= 4 is 23.4 Å². The van der Waals surface area contributed by atoms with Crippen LogP contribution in [0.2, 0.25) is 0 Å². The fourth-order valence-electron chi connectivity index (χ4n) is 2.84. The summed E-state index contributed by atoms with van der Waals surface area (Å²) in [4.78, 5) is 12.2. The molecule has 0 fully saturated rings. The number of rotatable bonds is 4. The highest BCUT2D eigenvalue weighted by Crippen LogP contribution is 2.26. The first kappa shape index (κ1) is 16.7. The van der Waals surface area contributed by atoms with Crippen LogP contribution in [0.5, 0.6) is 0 Å². The maximum atomic E-state index is 12.2. The van der Waals surface area contributed by atoms with E-state index in [4.69, 9.17) is 0 Å². The van der Waals surface area contributed by atoms with E-state index < -0.39 is 0 Å². The zero-order valence-electron chi connectivity index (χ0n) is 14.1. The molecule has 0 saturated carbocycles. The molecule has 3 heterocycles. The highest BCUT2D eigenvalue weighted by atomic mass is 32.2. The van der Waals surface area contributed by atoms with E-state index in [9.17, 15) is 4.79 Å². The molecular weight excluding hydrogens is 348 g/mol. The number of nitrogens with zero attached hydrogens (tertiary/aromatic N) is 5. The molecular formula is C18H18N6OS. The summed E-state index contributed by atoms with van der Waals surface area (Å²) in [6, 6.07) is 12.7. The maximum absolute atomic E-state index is 12.2. The Kier molecular flexibility index (Phi) is 4.92. The fourth-order valence-corrected chi connectivity index (χ4v) is 3.63. The highest BCUT2D eigenvalue weighted by Gasteiger charge is 2.16. The van der Waals surface area contributed by atoms with Crippen LogP contribution in [-0.2, 0) is 13.0 Å². The molecule has 1 N–H and O–H groups in total. The molecule has 1 aromatic carbocycles. The molecule has 26 heavy (non-hydrogen) atoms. The quantitative estimate of drug-likeness (QED) is 0.763. The van der Waals surface area contributed by atoms with Crippen LogP contribution >= 0.6 is 11.8 Å². The molecule has 0 radical (unpaired) electrons. The lowest BCUT2D eigenvalue weighted by molar-refractivity contribution is 0.102. The van der Waals surface area contributed by atoms with Crippen molar-refractivity contribution in [2.75, 3.05) is 5.32 Å². The minimum atomic E-state index is -0.281. The zero-order valence-corrected chi connectivity index (χ0v) is 14.9. The van der Waals surface area contributed by atoms with Gasteiger partial charge in [0.1, 0.15) is 10.9 Å². The van der Waals surface area contributed by atoms with Crippen LogP contribution in [0, 0.1) is 0 Å². The third-order valence-corrected chi connectivity index (χ3v) is 5.09. The van der Waals surface area contributed by atoms with Gasteiger partial charge in [-0.25, -0.2) is 0 Å². The summed E-state index contributed by atoms with van der Waals surface area (Å²) in [5.74, 6) is 0.758. The molecule has 4 rings (SSSR count). The number of anilines is 1. The smallest absolute Gasteiger partial charge is 0.276 e. The Bertz CT molecular complexity index is 894. The van der Waals surface area contributed by atoms with Crippen molar-refractivity contribution in [3.63, 3.8) is 0 Å². The van der Waals surface area contributed by atoms with E-state index in [0.29, 0.717) is 5.03 Å². The van der Waals surface area contributed by atoms with Crippen LogP contribution in [0.3, 0.4) is 0 Å². The molecule has 0 atom stereocenters. The molecule has 1 aliphatic heterocycles. The number of carbonyl (C=O) groups excluding carboxylic acids is 1. The summed E-state index contributed by atoms with van der Waals surface area (Å²) < 4.78 is 2.16. The van der Waals surface area contributed by atoms with Crippen LogP contribution < -0.4 is 5.32 Å². The van der Waals surface area contributed by atoms with Crippen LogP contribution in [0.15, 0.2) is 52.6 Å². The van der Waals surface area contributed by atoms with Crippen molar-refractivity contribution in [2.45, 2.75) is 42.4 Å². The maximum Gasteiger partial charge on any atom is 0.276 e. The van der Waals surface area contributed by atoms with Crippen LogP contribution in [0.25, 0.3) is 0 Å². The number of benzene rings is 1. The Morgan fingerprint density at radius 3 is 2.65 bits per heavy atom. The first-order chi connectivity index (χ1) is 12.8.